The van der Waals surface area contributed by atoms with Crippen molar-refractivity contribution in [2.75, 3.05) is 0 Å². The molecule has 0 aromatic carbocycles. The molecule has 1 rings (SSSR count). The zero-order valence-electron chi connectivity index (χ0n) is 6.65. The van der Waals surface area contributed by atoms with Gasteiger partial charge < -0.3 is 0 Å². The Hall–Kier alpha value is -0.520. The van der Waals surface area contributed by atoms with Crippen LogP contribution in [-0.2, 0) is 0 Å². The summed E-state index contributed by atoms with van der Waals surface area (Å²) in [5, 5.41) is 0. The van der Waals surface area contributed by atoms with Crippen LogP contribution < -0.4 is 0 Å². The first-order chi connectivity index (χ1) is 4.13. The van der Waals surface area contributed by atoms with E-state index in [1.54, 1.807) is 0 Å². The molecule has 1 atom stereocenters. The molecular formula is C9H14. The molecule has 0 saturated heterocycles. The van der Waals surface area contributed by atoms with Crippen molar-refractivity contribution in [2.45, 2.75) is 27.7 Å². The van der Waals surface area contributed by atoms with Crippen molar-refractivity contribution in [1.29, 1.82) is 0 Å². The molecule has 0 N–H and O–H groups in total. The van der Waals surface area contributed by atoms with E-state index < -0.39 is 0 Å². The second-order valence-electron chi connectivity index (χ2n) is 2.95. The van der Waals surface area contributed by atoms with Gasteiger partial charge in [0.15, 0.2) is 0 Å². The van der Waals surface area contributed by atoms with Gasteiger partial charge in [-0.1, -0.05) is 24.1 Å². The van der Waals surface area contributed by atoms with Gasteiger partial charge in [0.05, 0.1) is 0 Å². The normalized spacial score (nSPS) is 27.1. The number of allylic oxidation sites excluding steroid dienone is 4. The summed E-state index contributed by atoms with van der Waals surface area (Å²) in [5.41, 5.74) is 4.48. The predicted molar refractivity (Wildman–Crippen MR) is 41.3 cm³/mol. The van der Waals surface area contributed by atoms with Crippen LogP contribution in [-0.4, -0.2) is 0 Å². The third kappa shape index (κ3) is 0.937. The summed E-state index contributed by atoms with van der Waals surface area (Å²) >= 11 is 0. The summed E-state index contributed by atoms with van der Waals surface area (Å²) in [6, 6.07) is 0. The summed E-state index contributed by atoms with van der Waals surface area (Å²) in [6.45, 7) is 8.84. The first-order valence-electron chi connectivity index (χ1n) is 3.49. The molecule has 0 aromatic heterocycles. The minimum absolute atomic E-state index is 0.685. The molecule has 50 valence electrons. The lowest BCUT2D eigenvalue weighted by Crippen LogP contribution is -1.85. The molecule has 0 fully saturated rings. The van der Waals surface area contributed by atoms with Crippen molar-refractivity contribution < 1.29 is 0 Å². The summed E-state index contributed by atoms with van der Waals surface area (Å²) in [7, 11) is 0. The minimum atomic E-state index is 0.685. The average molecular weight is 122 g/mol. The smallest absolute Gasteiger partial charge is 0.00428 e. The Balaban J connectivity index is 2.97. The molecule has 0 aliphatic heterocycles. The second-order valence-corrected chi connectivity index (χ2v) is 2.95. The molecule has 0 unspecified atom stereocenters. The Labute approximate surface area is 57.3 Å². The first-order valence-corrected chi connectivity index (χ1v) is 3.49. The van der Waals surface area contributed by atoms with E-state index in [1.807, 2.05) is 0 Å². The van der Waals surface area contributed by atoms with Crippen LogP contribution in [0.5, 0.6) is 0 Å². The van der Waals surface area contributed by atoms with Crippen molar-refractivity contribution >= 4 is 0 Å². The molecule has 0 saturated carbocycles. The molecule has 0 aromatic rings. The Morgan fingerprint density at radius 1 is 1.22 bits per heavy atom. The number of hydrogen-bond donors (Lipinski definition) is 0. The molecule has 1 aliphatic carbocycles. The average Bonchev–Trinajstić information content (AvgIpc) is 1.98. The SMILES string of the molecule is CC1=C[C@@H](C)C(C)=C1C. The topological polar surface area (TPSA) is 0 Å². The van der Waals surface area contributed by atoms with E-state index in [0.717, 1.165) is 0 Å². The number of rotatable bonds is 0. The van der Waals surface area contributed by atoms with Crippen molar-refractivity contribution in [3.05, 3.63) is 22.8 Å². The molecule has 0 heteroatoms. The number of hydrogen-bond acceptors (Lipinski definition) is 0. The zero-order chi connectivity index (χ0) is 7.02. The highest BCUT2D eigenvalue weighted by molar-refractivity contribution is 5.40. The van der Waals surface area contributed by atoms with Crippen molar-refractivity contribution in [2.24, 2.45) is 5.92 Å². The van der Waals surface area contributed by atoms with Crippen LogP contribution in [0.2, 0.25) is 0 Å². The van der Waals surface area contributed by atoms with Gasteiger partial charge >= 0.3 is 0 Å². The van der Waals surface area contributed by atoms with E-state index in [1.165, 1.54) is 16.7 Å². The molecule has 0 amide bonds. The summed E-state index contributed by atoms with van der Waals surface area (Å²) < 4.78 is 0. The molecule has 0 radical (unpaired) electrons. The van der Waals surface area contributed by atoms with Gasteiger partial charge in [0, 0.05) is 0 Å². The van der Waals surface area contributed by atoms with Crippen LogP contribution >= 0.6 is 0 Å². The maximum atomic E-state index is 2.32. The quantitative estimate of drug-likeness (QED) is 0.463. The van der Waals surface area contributed by atoms with Gasteiger partial charge in [0.25, 0.3) is 0 Å². The Bertz CT molecular complexity index is 182. The lowest BCUT2D eigenvalue weighted by atomic mass is 10.1. The maximum Gasteiger partial charge on any atom is -0.00428 e. The zero-order valence-corrected chi connectivity index (χ0v) is 6.65. The van der Waals surface area contributed by atoms with Gasteiger partial charge in [0.2, 0.25) is 0 Å². The molecule has 0 bridgehead atoms. The van der Waals surface area contributed by atoms with Crippen LogP contribution in [0, 0.1) is 5.92 Å². The Kier molecular flexibility index (Phi) is 1.48. The maximum absolute atomic E-state index is 2.32. The second kappa shape index (κ2) is 2.02. The monoisotopic (exact) mass is 122 g/mol. The fraction of sp³-hybridized carbons (Fsp3) is 0.556. The van der Waals surface area contributed by atoms with E-state index in [0.29, 0.717) is 5.92 Å². The van der Waals surface area contributed by atoms with Gasteiger partial charge in [-0.3, -0.25) is 0 Å². The highest BCUT2D eigenvalue weighted by Gasteiger charge is 2.12. The van der Waals surface area contributed by atoms with Gasteiger partial charge in [-0.25, -0.2) is 0 Å². The van der Waals surface area contributed by atoms with E-state index in [4.69, 9.17) is 0 Å². The van der Waals surface area contributed by atoms with Gasteiger partial charge in [-0.05, 0) is 32.3 Å². The third-order valence-corrected chi connectivity index (χ3v) is 2.37. The van der Waals surface area contributed by atoms with Crippen LogP contribution in [0.3, 0.4) is 0 Å². The summed E-state index contributed by atoms with van der Waals surface area (Å²) in [4.78, 5) is 0. The Morgan fingerprint density at radius 2 is 1.78 bits per heavy atom. The fourth-order valence-electron chi connectivity index (χ4n) is 1.28. The first kappa shape index (κ1) is 6.60. The lowest BCUT2D eigenvalue weighted by Gasteiger charge is -2.00. The van der Waals surface area contributed by atoms with E-state index in [2.05, 4.69) is 33.8 Å². The minimum Gasteiger partial charge on any atom is -0.0744 e. The van der Waals surface area contributed by atoms with Crippen LogP contribution in [0.25, 0.3) is 0 Å². The van der Waals surface area contributed by atoms with Gasteiger partial charge in [-0.2, -0.15) is 0 Å². The van der Waals surface area contributed by atoms with E-state index in [9.17, 15) is 0 Å². The molecular weight excluding hydrogens is 108 g/mol. The predicted octanol–water partition coefficient (Wildman–Crippen LogP) is 2.92. The van der Waals surface area contributed by atoms with Crippen molar-refractivity contribution in [3.63, 3.8) is 0 Å². The van der Waals surface area contributed by atoms with Crippen LogP contribution in [0.1, 0.15) is 27.7 Å². The van der Waals surface area contributed by atoms with Crippen molar-refractivity contribution in [1.82, 2.24) is 0 Å². The lowest BCUT2D eigenvalue weighted by molar-refractivity contribution is 0.875. The summed E-state index contributed by atoms with van der Waals surface area (Å²) in [5.74, 6) is 0.685. The summed E-state index contributed by atoms with van der Waals surface area (Å²) in [6.07, 6.45) is 2.32. The van der Waals surface area contributed by atoms with Gasteiger partial charge in [-0.15, -0.1) is 0 Å². The molecule has 1 aliphatic rings. The molecule has 0 nitrogen and oxygen atoms in total. The van der Waals surface area contributed by atoms with E-state index >= 15 is 0 Å². The largest absolute Gasteiger partial charge is 0.0744 e. The van der Waals surface area contributed by atoms with E-state index in [-0.39, 0.29) is 0 Å². The van der Waals surface area contributed by atoms with Gasteiger partial charge in [0.1, 0.15) is 0 Å². The standard InChI is InChI=1S/C9H14/c1-6-5-7(2)9(4)8(6)3/h5-6H,1-4H3/t6-/m1/s1. The molecule has 0 spiro atoms. The van der Waals surface area contributed by atoms with Crippen LogP contribution in [0.15, 0.2) is 22.8 Å². The Morgan fingerprint density at radius 3 is 1.89 bits per heavy atom. The van der Waals surface area contributed by atoms with Crippen molar-refractivity contribution in [3.8, 4) is 0 Å². The fourth-order valence-corrected chi connectivity index (χ4v) is 1.28. The van der Waals surface area contributed by atoms with Crippen LogP contribution in [0.4, 0.5) is 0 Å². The highest BCUT2D eigenvalue weighted by Crippen LogP contribution is 2.29. The highest BCUT2D eigenvalue weighted by atomic mass is 14.2. The molecule has 0 heterocycles. The molecule has 9 heavy (non-hydrogen) atoms. The third-order valence-electron chi connectivity index (χ3n) is 2.37.